The summed E-state index contributed by atoms with van der Waals surface area (Å²) in [5.74, 6) is -1.17. The van der Waals surface area contributed by atoms with Crippen molar-refractivity contribution < 1.29 is 19.0 Å². The average Bonchev–Trinajstić information content (AvgIpc) is 3.49. The Hall–Kier alpha value is -4.61. The molecule has 3 heterocycles. The third-order valence-electron chi connectivity index (χ3n) is 7.12. The standard InChI is InChI=1S/C29H23Cl2FN6O4/c30-21-3-1-2-4-23(21)35-11-13-36(14-12-35)27-22(32)15-20-26(25(27)31)37(17-24(28(20)39)42-29(40)41)19-7-5-18(6-8-19)16-38-33-9-10-34-38/h1-10,15,17H,11-14,16H2,(H,40,41). The molecule has 0 radical (unpaired) electrons. The van der Waals surface area contributed by atoms with Crippen LogP contribution in [0.1, 0.15) is 5.56 Å². The molecule has 10 nitrogen and oxygen atoms in total. The molecule has 2 aromatic heterocycles. The van der Waals surface area contributed by atoms with Gasteiger partial charge in [0.1, 0.15) is 5.82 Å². The molecule has 0 unspecified atom stereocenters. The van der Waals surface area contributed by atoms with E-state index < -0.39 is 23.2 Å². The molecule has 1 aliphatic heterocycles. The number of hydrogen-bond acceptors (Lipinski definition) is 7. The van der Waals surface area contributed by atoms with Gasteiger partial charge in [-0.05, 0) is 35.9 Å². The summed E-state index contributed by atoms with van der Waals surface area (Å²) in [5, 5.41) is 18.0. The lowest BCUT2D eigenvalue weighted by Crippen LogP contribution is -2.47. The van der Waals surface area contributed by atoms with Crippen molar-refractivity contribution >= 4 is 51.6 Å². The van der Waals surface area contributed by atoms with E-state index in [4.69, 9.17) is 27.9 Å². The van der Waals surface area contributed by atoms with Crippen LogP contribution in [0.4, 0.5) is 20.6 Å². The summed E-state index contributed by atoms with van der Waals surface area (Å²) in [7, 11) is 0. The highest BCUT2D eigenvalue weighted by Crippen LogP contribution is 2.38. The fourth-order valence-electron chi connectivity index (χ4n) is 5.17. The molecule has 0 amide bonds. The number of benzene rings is 3. The number of carboxylic acid groups (broad SMARTS) is 1. The second-order valence-corrected chi connectivity index (χ2v) is 10.4. The summed E-state index contributed by atoms with van der Waals surface area (Å²) in [6.45, 7) is 2.48. The zero-order chi connectivity index (χ0) is 29.4. The van der Waals surface area contributed by atoms with Gasteiger partial charge < -0.3 is 24.2 Å². The lowest BCUT2D eigenvalue weighted by Gasteiger charge is -2.38. The highest BCUT2D eigenvalue weighted by atomic mass is 35.5. The molecule has 214 valence electrons. The van der Waals surface area contributed by atoms with Crippen molar-refractivity contribution in [1.29, 1.82) is 0 Å². The Morgan fingerprint density at radius 3 is 2.31 bits per heavy atom. The van der Waals surface area contributed by atoms with Crippen LogP contribution in [-0.2, 0) is 6.54 Å². The molecule has 0 saturated carbocycles. The van der Waals surface area contributed by atoms with Gasteiger partial charge in [0.25, 0.3) is 0 Å². The van der Waals surface area contributed by atoms with Crippen molar-refractivity contribution in [2.75, 3.05) is 36.0 Å². The predicted molar refractivity (Wildman–Crippen MR) is 158 cm³/mol. The zero-order valence-corrected chi connectivity index (χ0v) is 23.5. The third-order valence-corrected chi connectivity index (χ3v) is 7.79. The van der Waals surface area contributed by atoms with Crippen molar-refractivity contribution in [2.24, 2.45) is 0 Å². The molecule has 13 heteroatoms. The molecule has 1 N–H and O–H groups in total. The number of fused-ring (bicyclic) bond motifs is 1. The molecule has 0 spiro atoms. The van der Waals surface area contributed by atoms with Crippen molar-refractivity contribution in [3.8, 4) is 11.4 Å². The molecule has 0 bridgehead atoms. The topological polar surface area (TPSA) is 106 Å². The van der Waals surface area contributed by atoms with E-state index in [1.807, 2.05) is 41.3 Å². The van der Waals surface area contributed by atoms with Crippen molar-refractivity contribution in [3.63, 3.8) is 0 Å². The van der Waals surface area contributed by atoms with Crippen LogP contribution in [0, 0.1) is 5.82 Å². The largest absolute Gasteiger partial charge is 0.511 e. The molecule has 42 heavy (non-hydrogen) atoms. The van der Waals surface area contributed by atoms with Gasteiger partial charge in [-0.3, -0.25) is 4.79 Å². The van der Waals surface area contributed by atoms with Crippen molar-refractivity contribution in [1.82, 2.24) is 19.6 Å². The molecule has 3 aromatic carbocycles. The minimum atomic E-state index is -1.67. The number of aromatic nitrogens is 4. The number of piperazine rings is 1. The Morgan fingerprint density at radius 2 is 1.64 bits per heavy atom. The van der Waals surface area contributed by atoms with Crippen LogP contribution in [0.25, 0.3) is 16.6 Å². The molecular weight excluding hydrogens is 586 g/mol. The molecule has 6 rings (SSSR count). The number of anilines is 2. The van der Waals surface area contributed by atoms with Crippen molar-refractivity contribution in [2.45, 2.75) is 6.54 Å². The number of rotatable bonds is 6. The van der Waals surface area contributed by atoms with Crippen LogP contribution >= 0.6 is 23.2 Å². The van der Waals surface area contributed by atoms with E-state index >= 15 is 4.39 Å². The van der Waals surface area contributed by atoms with Crippen molar-refractivity contribution in [3.05, 3.63) is 105 Å². The SMILES string of the molecule is O=C(O)Oc1cn(-c2ccc(Cn3nccn3)cc2)c2c(Cl)c(N3CCN(c4ccccc4Cl)CC3)c(F)cc2c1=O. The summed E-state index contributed by atoms with van der Waals surface area (Å²) in [6, 6.07) is 15.9. The number of pyridine rings is 1. The van der Waals surface area contributed by atoms with Crippen LogP contribution in [0.5, 0.6) is 5.75 Å². The third kappa shape index (κ3) is 5.24. The average molecular weight is 609 g/mol. The first-order valence-electron chi connectivity index (χ1n) is 13.0. The van der Waals surface area contributed by atoms with E-state index in [1.54, 1.807) is 24.5 Å². The van der Waals surface area contributed by atoms with E-state index in [0.717, 1.165) is 17.3 Å². The Kier molecular flexibility index (Phi) is 7.44. The fourth-order valence-corrected chi connectivity index (χ4v) is 5.83. The van der Waals surface area contributed by atoms with Crippen LogP contribution in [0.3, 0.4) is 0 Å². The van der Waals surface area contributed by atoms with E-state index in [1.165, 1.54) is 15.6 Å². The molecule has 5 aromatic rings. The summed E-state index contributed by atoms with van der Waals surface area (Å²) in [4.78, 5) is 30.1. The van der Waals surface area contributed by atoms with Gasteiger partial charge in [-0.15, -0.1) is 0 Å². The van der Waals surface area contributed by atoms with Crippen LogP contribution in [0.15, 0.2) is 78.0 Å². The number of carbonyl (C=O) groups is 1. The summed E-state index contributed by atoms with van der Waals surface area (Å²) >= 11 is 13.3. The van der Waals surface area contributed by atoms with Crippen LogP contribution < -0.4 is 20.0 Å². The predicted octanol–water partition coefficient (Wildman–Crippen LogP) is 5.46. The van der Waals surface area contributed by atoms with Crippen LogP contribution in [0.2, 0.25) is 10.0 Å². The second-order valence-electron chi connectivity index (χ2n) is 9.63. The van der Waals surface area contributed by atoms with E-state index in [9.17, 15) is 14.7 Å². The minimum absolute atomic E-state index is 0.0278. The van der Waals surface area contributed by atoms with Gasteiger partial charge in [0.05, 0.1) is 57.5 Å². The normalized spacial score (nSPS) is 13.5. The Balaban J connectivity index is 1.41. The lowest BCUT2D eigenvalue weighted by atomic mass is 10.1. The molecule has 0 atom stereocenters. The highest BCUT2D eigenvalue weighted by Gasteiger charge is 2.27. The molecule has 1 fully saturated rings. The molecule has 1 saturated heterocycles. The Morgan fingerprint density at radius 1 is 0.976 bits per heavy atom. The number of para-hydroxylation sites is 1. The number of halogens is 3. The summed E-state index contributed by atoms with van der Waals surface area (Å²) in [5.41, 5.74) is 1.94. The first kappa shape index (κ1) is 27.6. The molecule has 1 aliphatic rings. The van der Waals surface area contributed by atoms with Gasteiger partial charge >= 0.3 is 6.16 Å². The minimum Gasteiger partial charge on any atom is -0.449 e. The van der Waals surface area contributed by atoms with Gasteiger partial charge in [-0.1, -0.05) is 47.5 Å². The fraction of sp³-hybridized carbons (Fsp3) is 0.172. The summed E-state index contributed by atoms with van der Waals surface area (Å²) < 4.78 is 22.0. The first-order chi connectivity index (χ1) is 20.3. The Bertz CT molecular complexity index is 1840. The second kappa shape index (κ2) is 11.3. The lowest BCUT2D eigenvalue weighted by molar-refractivity contribution is 0.144. The summed E-state index contributed by atoms with van der Waals surface area (Å²) in [6.07, 6.45) is 2.76. The maximum atomic E-state index is 15.7. The number of ether oxygens (including phenoxy) is 1. The highest BCUT2D eigenvalue weighted by molar-refractivity contribution is 6.38. The first-order valence-corrected chi connectivity index (χ1v) is 13.7. The van der Waals surface area contributed by atoms with Gasteiger partial charge in [0.2, 0.25) is 5.43 Å². The van der Waals surface area contributed by atoms with Crippen LogP contribution in [-0.4, -0.2) is 57.0 Å². The van der Waals surface area contributed by atoms with Gasteiger partial charge in [-0.2, -0.15) is 15.0 Å². The number of hydrogen-bond donors (Lipinski definition) is 1. The maximum absolute atomic E-state index is 15.7. The van der Waals surface area contributed by atoms with Gasteiger partial charge in [0, 0.05) is 31.9 Å². The zero-order valence-electron chi connectivity index (χ0n) is 22.0. The number of nitrogens with zero attached hydrogens (tertiary/aromatic N) is 6. The van der Waals surface area contributed by atoms with E-state index in [-0.39, 0.29) is 21.6 Å². The van der Waals surface area contributed by atoms with E-state index in [0.29, 0.717) is 43.4 Å². The monoisotopic (exact) mass is 608 g/mol. The quantitative estimate of drug-likeness (QED) is 0.253. The maximum Gasteiger partial charge on any atom is 0.511 e. The van der Waals surface area contributed by atoms with E-state index in [2.05, 4.69) is 15.1 Å². The van der Waals surface area contributed by atoms with Gasteiger partial charge in [-0.25, -0.2) is 9.18 Å². The van der Waals surface area contributed by atoms with Gasteiger partial charge in [0.15, 0.2) is 5.75 Å². The Labute approximate surface area is 248 Å². The molecule has 0 aliphatic carbocycles. The smallest absolute Gasteiger partial charge is 0.449 e. The molecular formula is C29H23Cl2FN6O4.